The molecule has 6 nitrogen and oxygen atoms in total. The number of ether oxygens (including phenoxy) is 1. The molecule has 0 saturated carbocycles. The Morgan fingerprint density at radius 3 is 2.57 bits per heavy atom. The van der Waals surface area contributed by atoms with Crippen molar-refractivity contribution in [2.45, 2.75) is 18.8 Å². The molecule has 4 rings (SSSR count). The Morgan fingerprint density at radius 2 is 1.87 bits per heavy atom. The minimum Gasteiger partial charge on any atom is -0.497 e. The van der Waals surface area contributed by atoms with Gasteiger partial charge in [-0.2, -0.15) is 0 Å². The number of H-pyrrole nitrogens is 1. The monoisotopic (exact) mass is 406 g/mol. The maximum atomic E-state index is 13.3. The van der Waals surface area contributed by atoms with Crippen LogP contribution in [-0.2, 0) is 6.42 Å². The molecule has 0 aliphatic heterocycles. The van der Waals surface area contributed by atoms with E-state index in [0.29, 0.717) is 17.7 Å². The predicted octanol–water partition coefficient (Wildman–Crippen LogP) is 3.69. The van der Waals surface area contributed by atoms with Crippen molar-refractivity contribution < 1.29 is 18.7 Å². The fourth-order valence-electron chi connectivity index (χ4n) is 3.68. The third-order valence-electron chi connectivity index (χ3n) is 5.22. The summed E-state index contributed by atoms with van der Waals surface area (Å²) in [4.78, 5) is 40.5. The Labute approximate surface area is 171 Å². The topological polar surface area (TPSA) is 88.3 Å². The zero-order chi connectivity index (χ0) is 21.3. The molecule has 0 bridgehead atoms. The van der Waals surface area contributed by atoms with Crippen LogP contribution in [0.15, 0.2) is 59.4 Å². The van der Waals surface area contributed by atoms with Gasteiger partial charge in [-0.1, -0.05) is 18.2 Å². The van der Waals surface area contributed by atoms with Gasteiger partial charge in [0.2, 0.25) is 0 Å². The van der Waals surface area contributed by atoms with Crippen molar-refractivity contribution in [3.05, 3.63) is 93.2 Å². The smallest absolute Gasteiger partial charge is 0.261 e. The molecule has 7 heteroatoms. The van der Waals surface area contributed by atoms with Gasteiger partial charge in [0.1, 0.15) is 17.1 Å². The summed E-state index contributed by atoms with van der Waals surface area (Å²) in [6, 6.07) is 14.2. The summed E-state index contributed by atoms with van der Waals surface area (Å²) in [5.41, 5.74) is 1.27. The molecule has 1 aliphatic rings. The molecule has 0 radical (unpaired) electrons. The van der Waals surface area contributed by atoms with Crippen LogP contribution in [0.3, 0.4) is 0 Å². The highest BCUT2D eigenvalue weighted by molar-refractivity contribution is 6.06. The number of carbonyl (C=O) groups is 2. The van der Waals surface area contributed by atoms with Crippen molar-refractivity contribution >= 4 is 17.4 Å². The molecule has 30 heavy (non-hydrogen) atoms. The molecule has 1 heterocycles. The van der Waals surface area contributed by atoms with E-state index in [-0.39, 0.29) is 29.4 Å². The van der Waals surface area contributed by atoms with E-state index in [1.807, 2.05) is 24.3 Å². The first-order chi connectivity index (χ1) is 14.4. The quantitative estimate of drug-likeness (QED) is 0.692. The number of aromatic nitrogens is 1. The van der Waals surface area contributed by atoms with Crippen LogP contribution in [0.2, 0.25) is 0 Å². The van der Waals surface area contributed by atoms with E-state index in [1.165, 1.54) is 24.3 Å². The van der Waals surface area contributed by atoms with E-state index in [1.54, 1.807) is 7.11 Å². The lowest BCUT2D eigenvalue weighted by molar-refractivity contribution is 0.0963. The number of aromatic amines is 1. The molecule has 0 spiro atoms. The lowest BCUT2D eigenvalue weighted by Crippen LogP contribution is -2.29. The van der Waals surface area contributed by atoms with Crippen LogP contribution in [0.25, 0.3) is 0 Å². The number of Topliss-reactive ketones (excluding diaryl/α,β-unsaturated/α-hetero) is 1. The van der Waals surface area contributed by atoms with E-state index in [0.717, 1.165) is 17.4 Å². The molecule has 2 aromatic carbocycles. The van der Waals surface area contributed by atoms with Gasteiger partial charge in [-0.15, -0.1) is 0 Å². The summed E-state index contributed by atoms with van der Waals surface area (Å²) in [7, 11) is 1.59. The first-order valence-corrected chi connectivity index (χ1v) is 9.45. The van der Waals surface area contributed by atoms with Gasteiger partial charge >= 0.3 is 0 Å². The molecule has 0 saturated heterocycles. The van der Waals surface area contributed by atoms with Crippen molar-refractivity contribution in [2.75, 3.05) is 12.4 Å². The number of anilines is 1. The van der Waals surface area contributed by atoms with Crippen LogP contribution < -0.4 is 15.6 Å². The molecule has 0 fully saturated rings. The van der Waals surface area contributed by atoms with Gasteiger partial charge in [-0.05, 0) is 54.3 Å². The largest absolute Gasteiger partial charge is 0.497 e. The third-order valence-corrected chi connectivity index (χ3v) is 5.22. The van der Waals surface area contributed by atoms with E-state index in [9.17, 15) is 18.8 Å². The molecule has 1 aromatic heterocycles. The van der Waals surface area contributed by atoms with Gasteiger partial charge < -0.3 is 15.0 Å². The summed E-state index contributed by atoms with van der Waals surface area (Å²) < 4.78 is 18.5. The summed E-state index contributed by atoms with van der Waals surface area (Å²) in [5, 5.41) is 2.48. The van der Waals surface area contributed by atoms with E-state index >= 15 is 0 Å². The third kappa shape index (κ3) is 3.87. The highest BCUT2D eigenvalue weighted by Gasteiger charge is 2.29. The standard InChI is InChI=1S/C23H19FN2O4/c1-30-17-7-5-13(6-8-17)14-9-20-18(21(27)10-14)12-19(23(29)26-20)22(28)25-16-4-2-3-15(24)11-16/h2-8,11-12,14H,9-10H2,1H3,(H,25,28)(H,26,29). The number of pyridine rings is 1. The summed E-state index contributed by atoms with van der Waals surface area (Å²) >= 11 is 0. The minimum absolute atomic E-state index is 0.0708. The molecule has 1 unspecified atom stereocenters. The summed E-state index contributed by atoms with van der Waals surface area (Å²) in [5.74, 6) is -0.697. The van der Waals surface area contributed by atoms with Crippen molar-refractivity contribution in [2.24, 2.45) is 0 Å². The zero-order valence-corrected chi connectivity index (χ0v) is 16.2. The Kier molecular flexibility index (Phi) is 5.18. The molecule has 1 atom stereocenters. The molecule has 3 aromatic rings. The van der Waals surface area contributed by atoms with Crippen molar-refractivity contribution in [3.8, 4) is 5.75 Å². The van der Waals surface area contributed by atoms with Gasteiger partial charge in [-0.25, -0.2) is 4.39 Å². The summed E-state index contributed by atoms with van der Waals surface area (Å²) in [6.45, 7) is 0. The number of hydrogen-bond acceptors (Lipinski definition) is 4. The first-order valence-electron chi connectivity index (χ1n) is 9.45. The number of hydrogen-bond donors (Lipinski definition) is 2. The van der Waals surface area contributed by atoms with Crippen molar-refractivity contribution in [1.82, 2.24) is 4.98 Å². The average molecular weight is 406 g/mol. The zero-order valence-electron chi connectivity index (χ0n) is 16.2. The van der Waals surface area contributed by atoms with Crippen LogP contribution in [0.1, 0.15) is 44.3 Å². The van der Waals surface area contributed by atoms with Gasteiger partial charge in [0.15, 0.2) is 5.78 Å². The molecular weight excluding hydrogens is 387 g/mol. The Morgan fingerprint density at radius 1 is 1.10 bits per heavy atom. The highest BCUT2D eigenvalue weighted by Crippen LogP contribution is 2.32. The lowest BCUT2D eigenvalue weighted by Gasteiger charge is -2.24. The van der Waals surface area contributed by atoms with Gasteiger partial charge in [0.25, 0.3) is 11.5 Å². The highest BCUT2D eigenvalue weighted by atomic mass is 19.1. The van der Waals surface area contributed by atoms with Gasteiger partial charge in [-0.3, -0.25) is 14.4 Å². The number of amides is 1. The van der Waals surface area contributed by atoms with E-state index in [2.05, 4.69) is 10.3 Å². The minimum atomic E-state index is -0.699. The SMILES string of the molecule is COc1ccc(C2CC(=O)c3cc(C(=O)Nc4cccc(F)c4)c(=O)[nH]c3C2)cc1. The van der Waals surface area contributed by atoms with E-state index < -0.39 is 17.3 Å². The molecule has 2 N–H and O–H groups in total. The van der Waals surface area contributed by atoms with Crippen LogP contribution in [-0.4, -0.2) is 23.8 Å². The number of benzene rings is 2. The normalized spacial score (nSPS) is 15.4. The number of ketones is 1. The van der Waals surface area contributed by atoms with Crippen molar-refractivity contribution in [3.63, 3.8) is 0 Å². The number of methoxy groups -OCH3 is 1. The van der Waals surface area contributed by atoms with Crippen LogP contribution in [0.4, 0.5) is 10.1 Å². The Bertz CT molecular complexity index is 1180. The van der Waals surface area contributed by atoms with Crippen LogP contribution in [0, 0.1) is 5.82 Å². The predicted molar refractivity (Wildman–Crippen MR) is 110 cm³/mol. The van der Waals surface area contributed by atoms with E-state index in [4.69, 9.17) is 4.74 Å². The second-order valence-corrected chi connectivity index (χ2v) is 7.17. The first kappa shape index (κ1) is 19.6. The second-order valence-electron chi connectivity index (χ2n) is 7.17. The summed E-state index contributed by atoms with van der Waals surface area (Å²) in [6.07, 6.45) is 0.755. The molecule has 152 valence electrons. The van der Waals surface area contributed by atoms with Crippen LogP contribution >= 0.6 is 0 Å². The fraction of sp³-hybridized carbons (Fsp3) is 0.174. The maximum Gasteiger partial charge on any atom is 0.261 e. The number of rotatable bonds is 4. The molecule has 1 amide bonds. The number of halogens is 1. The van der Waals surface area contributed by atoms with Gasteiger partial charge in [0, 0.05) is 23.4 Å². The number of nitrogens with one attached hydrogen (secondary N) is 2. The Hall–Kier alpha value is -3.74. The average Bonchev–Trinajstić information content (AvgIpc) is 2.73. The molecular formula is C23H19FN2O4. The second kappa shape index (κ2) is 7.94. The van der Waals surface area contributed by atoms with Crippen LogP contribution in [0.5, 0.6) is 5.75 Å². The fourth-order valence-corrected chi connectivity index (χ4v) is 3.68. The Balaban J connectivity index is 1.60. The van der Waals surface area contributed by atoms with Crippen molar-refractivity contribution in [1.29, 1.82) is 0 Å². The lowest BCUT2D eigenvalue weighted by atomic mass is 9.81. The maximum absolute atomic E-state index is 13.3. The van der Waals surface area contributed by atoms with Gasteiger partial charge in [0.05, 0.1) is 7.11 Å². The number of fused-ring (bicyclic) bond motifs is 1. The number of carbonyl (C=O) groups excluding carboxylic acids is 2. The molecule has 1 aliphatic carbocycles.